The first-order valence-corrected chi connectivity index (χ1v) is 9.15. The summed E-state index contributed by atoms with van der Waals surface area (Å²) in [7, 11) is 1.67. The van der Waals surface area contributed by atoms with Crippen LogP contribution in [0.15, 0.2) is 24.4 Å². The summed E-state index contributed by atoms with van der Waals surface area (Å²) in [6.07, 6.45) is 2.89. The first-order chi connectivity index (χ1) is 12.5. The maximum absolute atomic E-state index is 5.96. The lowest BCUT2D eigenvalue weighted by Crippen LogP contribution is -2.08. The van der Waals surface area contributed by atoms with Crippen LogP contribution in [0.2, 0.25) is 0 Å². The number of aromatic amines is 1. The lowest BCUT2D eigenvalue weighted by molar-refractivity contribution is 0.144. The third kappa shape index (κ3) is 3.58. The van der Waals surface area contributed by atoms with Crippen LogP contribution in [0.1, 0.15) is 43.5 Å². The van der Waals surface area contributed by atoms with Crippen molar-refractivity contribution in [3.8, 4) is 17.1 Å². The second-order valence-electron chi connectivity index (χ2n) is 6.80. The van der Waals surface area contributed by atoms with E-state index in [9.17, 15) is 0 Å². The Kier molecular flexibility index (Phi) is 5.57. The van der Waals surface area contributed by atoms with E-state index in [2.05, 4.69) is 50.9 Å². The molecular weight excluding hydrogens is 326 g/mol. The molecule has 3 heterocycles. The number of aryl methyl sites for hydroxylation is 2. The van der Waals surface area contributed by atoms with Gasteiger partial charge in [-0.25, -0.2) is 9.97 Å². The minimum atomic E-state index is 0.335. The van der Waals surface area contributed by atoms with Crippen LogP contribution in [0.4, 0.5) is 0 Å². The highest BCUT2D eigenvalue weighted by Gasteiger charge is 2.17. The summed E-state index contributed by atoms with van der Waals surface area (Å²) < 4.78 is 11.1. The molecule has 0 aliphatic carbocycles. The van der Waals surface area contributed by atoms with Gasteiger partial charge in [-0.05, 0) is 48.6 Å². The van der Waals surface area contributed by atoms with E-state index in [0.29, 0.717) is 25.0 Å². The monoisotopic (exact) mass is 353 g/mol. The molecule has 0 bridgehead atoms. The van der Waals surface area contributed by atoms with Crippen LogP contribution in [0.3, 0.4) is 0 Å². The van der Waals surface area contributed by atoms with Crippen LogP contribution in [0.5, 0.6) is 5.88 Å². The van der Waals surface area contributed by atoms with Crippen molar-refractivity contribution in [2.24, 2.45) is 0 Å². The van der Waals surface area contributed by atoms with E-state index in [1.165, 1.54) is 5.56 Å². The van der Waals surface area contributed by atoms with Crippen molar-refractivity contribution in [3.63, 3.8) is 0 Å². The number of pyridine rings is 2. The fraction of sp³-hybridized carbons (Fsp3) is 0.429. The Hall–Kier alpha value is -2.40. The maximum Gasteiger partial charge on any atom is 0.223 e. The quantitative estimate of drug-likeness (QED) is 0.628. The van der Waals surface area contributed by atoms with E-state index >= 15 is 0 Å². The molecule has 0 saturated heterocycles. The zero-order valence-corrected chi connectivity index (χ0v) is 16.2. The van der Waals surface area contributed by atoms with E-state index in [1.54, 1.807) is 7.11 Å². The number of nitrogens with one attached hydrogen (secondary N) is 1. The molecule has 0 aliphatic heterocycles. The molecule has 3 aromatic rings. The van der Waals surface area contributed by atoms with Gasteiger partial charge in [0.05, 0.1) is 28.9 Å². The number of rotatable bonds is 7. The second kappa shape index (κ2) is 7.87. The standard InChI is InChI=1S/C21H27N3O2/c1-6-15-11-18-19(14(4)12-22-18)24-20(15)16-7-8-17(13(2)3)23-21(16)26-10-9-25-5/h7-8,11-13,22H,6,9-10H2,1-5H3. The first-order valence-electron chi connectivity index (χ1n) is 9.15. The van der Waals surface area contributed by atoms with E-state index in [0.717, 1.165) is 40.0 Å². The van der Waals surface area contributed by atoms with Gasteiger partial charge in [-0.3, -0.25) is 0 Å². The lowest BCUT2D eigenvalue weighted by atomic mass is 10.0. The Morgan fingerprint density at radius 2 is 1.96 bits per heavy atom. The average molecular weight is 353 g/mol. The smallest absolute Gasteiger partial charge is 0.223 e. The van der Waals surface area contributed by atoms with Crippen LogP contribution < -0.4 is 4.74 Å². The molecular formula is C21H27N3O2. The predicted molar refractivity (Wildman–Crippen MR) is 105 cm³/mol. The number of hydrogen-bond acceptors (Lipinski definition) is 4. The van der Waals surface area contributed by atoms with Crippen LogP contribution in [-0.2, 0) is 11.2 Å². The molecule has 0 aliphatic rings. The zero-order valence-electron chi connectivity index (χ0n) is 16.2. The third-order valence-corrected chi connectivity index (χ3v) is 4.55. The van der Waals surface area contributed by atoms with Crippen LogP contribution in [0, 0.1) is 6.92 Å². The van der Waals surface area contributed by atoms with Crippen molar-refractivity contribution in [2.75, 3.05) is 20.3 Å². The van der Waals surface area contributed by atoms with Crippen LogP contribution in [0.25, 0.3) is 22.3 Å². The van der Waals surface area contributed by atoms with Gasteiger partial charge in [0.1, 0.15) is 6.61 Å². The number of hydrogen-bond donors (Lipinski definition) is 1. The molecule has 0 unspecified atom stereocenters. The van der Waals surface area contributed by atoms with Crippen molar-refractivity contribution in [3.05, 3.63) is 41.2 Å². The van der Waals surface area contributed by atoms with E-state index in [-0.39, 0.29) is 0 Å². The Labute approximate surface area is 154 Å². The van der Waals surface area contributed by atoms with E-state index in [1.807, 2.05) is 6.20 Å². The lowest BCUT2D eigenvalue weighted by Gasteiger charge is -2.15. The summed E-state index contributed by atoms with van der Waals surface area (Å²) in [5.41, 5.74) is 7.26. The van der Waals surface area contributed by atoms with Crippen molar-refractivity contribution in [1.29, 1.82) is 0 Å². The largest absolute Gasteiger partial charge is 0.475 e. The van der Waals surface area contributed by atoms with Crippen LogP contribution >= 0.6 is 0 Å². The Morgan fingerprint density at radius 1 is 1.15 bits per heavy atom. The molecule has 0 amide bonds. The molecule has 0 atom stereocenters. The third-order valence-electron chi connectivity index (χ3n) is 4.55. The van der Waals surface area contributed by atoms with E-state index < -0.39 is 0 Å². The Bertz CT molecular complexity index is 900. The zero-order chi connectivity index (χ0) is 18.7. The summed E-state index contributed by atoms with van der Waals surface area (Å²) in [6, 6.07) is 6.33. The molecule has 5 heteroatoms. The summed E-state index contributed by atoms with van der Waals surface area (Å²) in [5.74, 6) is 0.963. The fourth-order valence-electron chi connectivity index (χ4n) is 3.01. The van der Waals surface area contributed by atoms with Crippen molar-refractivity contribution in [2.45, 2.75) is 40.0 Å². The second-order valence-corrected chi connectivity index (χ2v) is 6.80. The molecule has 5 nitrogen and oxygen atoms in total. The SMILES string of the molecule is CCc1cc2[nH]cc(C)c2nc1-c1ccc(C(C)C)nc1OCCOC. The van der Waals surface area contributed by atoms with Gasteiger partial charge in [-0.1, -0.05) is 20.8 Å². The van der Waals surface area contributed by atoms with Gasteiger partial charge < -0.3 is 14.5 Å². The summed E-state index contributed by atoms with van der Waals surface area (Å²) >= 11 is 0. The Morgan fingerprint density at radius 3 is 2.65 bits per heavy atom. The Balaban J connectivity index is 2.14. The summed E-state index contributed by atoms with van der Waals surface area (Å²) in [5, 5.41) is 0. The predicted octanol–water partition coefficient (Wildman–Crippen LogP) is 4.64. The highest BCUT2D eigenvalue weighted by atomic mass is 16.5. The topological polar surface area (TPSA) is 60.0 Å². The van der Waals surface area contributed by atoms with Crippen LogP contribution in [-0.4, -0.2) is 35.3 Å². The number of nitrogens with zero attached hydrogens (tertiary/aromatic N) is 2. The minimum Gasteiger partial charge on any atom is -0.475 e. The molecule has 138 valence electrons. The highest BCUT2D eigenvalue weighted by molar-refractivity contribution is 5.84. The minimum absolute atomic E-state index is 0.335. The molecule has 0 aromatic carbocycles. The van der Waals surface area contributed by atoms with E-state index in [4.69, 9.17) is 19.4 Å². The highest BCUT2D eigenvalue weighted by Crippen LogP contribution is 2.33. The van der Waals surface area contributed by atoms with Gasteiger partial charge >= 0.3 is 0 Å². The van der Waals surface area contributed by atoms with Gasteiger partial charge in [0, 0.05) is 19.0 Å². The molecule has 3 rings (SSSR count). The van der Waals surface area contributed by atoms with Gasteiger partial charge in [0.15, 0.2) is 0 Å². The number of H-pyrrole nitrogens is 1. The molecule has 0 radical (unpaired) electrons. The van der Waals surface area contributed by atoms with Gasteiger partial charge in [0.2, 0.25) is 5.88 Å². The molecule has 0 spiro atoms. The van der Waals surface area contributed by atoms with Crippen molar-refractivity contribution >= 4 is 11.0 Å². The summed E-state index contributed by atoms with van der Waals surface area (Å²) in [6.45, 7) is 9.46. The molecule has 1 N–H and O–H groups in total. The molecule has 0 fully saturated rings. The van der Waals surface area contributed by atoms with Crippen molar-refractivity contribution in [1.82, 2.24) is 15.0 Å². The average Bonchev–Trinajstić information content (AvgIpc) is 3.01. The first kappa shape index (κ1) is 18.4. The number of fused-ring (bicyclic) bond motifs is 1. The van der Waals surface area contributed by atoms with Gasteiger partial charge in [-0.15, -0.1) is 0 Å². The number of ether oxygens (including phenoxy) is 2. The van der Waals surface area contributed by atoms with Gasteiger partial charge in [-0.2, -0.15) is 0 Å². The molecule has 26 heavy (non-hydrogen) atoms. The molecule has 3 aromatic heterocycles. The van der Waals surface area contributed by atoms with Gasteiger partial charge in [0.25, 0.3) is 0 Å². The number of methoxy groups -OCH3 is 1. The number of aromatic nitrogens is 3. The fourth-order valence-corrected chi connectivity index (χ4v) is 3.01. The summed E-state index contributed by atoms with van der Waals surface area (Å²) in [4.78, 5) is 13.0. The maximum atomic E-state index is 5.96. The van der Waals surface area contributed by atoms with Crippen molar-refractivity contribution < 1.29 is 9.47 Å². The normalized spacial score (nSPS) is 11.5. The molecule has 0 saturated carbocycles.